The van der Waals surface area contributed by atoms with Crippen LogP contribution in [-0.4, -0.2) is 47.5 Å². The molecule has 0 fully saturated rings. The summed E-state index contributed by atoms with van der Waals surface area (Å²) in [7, 11) is 3.57. The van der Waals surface area contributed by atoms with Crippen molar-refractivity contribution in [2.75, 3.05) is 26.8 Å². The highest BCUT2D eigenvalue weighted by Gasteiger charge is 2.06. The van der Waals surface area contributed by atoms with Gasteiger partial charge in [0.25, 0.3) is 0 Å². The Hall–Kier alpha value is -2.04. The van der Waals surface area contributed by atoms with Gasteiger partial charge in [-0.15, -0.1) is 34.2 Å². The Labute approximate surface area is 184 Å². The summed E-state index contributed by atoms with van der Waals surface area (Å²) in [6.45, 7) is 6.75. The zero-order valence-corrected chi connectivity index (χ0v) is 19.4. The number of aliphatic imine (C=N–C) groups is 1. The molecule has 0 saturated heterocycles. The Balaban J connectivity index is 0.00000392. The van der Waals surface area contributed by atoms with Crippen LogP contribution in [0.4, 0.5) is 0 Å². The lowest BCUT2D eigenvalue weighted by Crippen LogP contribution is -2.37. The lowest BCUT2D eigenvalue weighted by atomic mass is 10.1. The summed E-state index contributed by atoms with van der Waals surface area (Å²) in [5, 5.41) is 14.5. The van der Waals surface area contributed by atoms with E-state index in [4.69, 9.17) is 9.47 Å². The Morgan fingerprint density at radius 3 is 2.68 bits per heavy atom. The second-order valence-electron chi connectivity index (χ2n) is 6.00. The van der Waals surface area contributed by atoms with Gasteiger partial charge in [0, 0.05) is 20.1 Å². The Morgan fingerprint density at radius 2 is 2.04 bits per heavy atom. The molecule has 1 aromatic carbocycles. The molecule has 0 amide bonds. The van der Waals surface area contributed by atoms with Crippen molar-refractivity contribution in [1.29, 1.82) is 0 Å². The molecule has 0 radical (unpaired) electrons. The Bertz CT molecular complexity index is 735. The van der Waals surface area contributed by atoms with E-state index in [2.05, 4.69) is 38.0 Å². The van der Waals surface area contributed by atoms with Crippen molar-refractivity contribution >= 4 is 29.9 Å². The molecule has 0 aliphatic heterocycles. The van der Waals surface area contributed by atoms with E-state index in [1.165, 1.54) is 5.56 Å². The minimum absolute atomic E-state index is 0. The van der Waals surface area contributed by atoms with E-state index in [0.717, 1.165) is 49.2 Å². The number of halogens is 1. The molecule has 1 aromatic heterocycles. The average Bonchev–Trinajstić information content (AvgIpc) is 3.08. The minimum Gasteiger partial charge on any atom is -0.493 e. The lowest BCUT2D eigenvalue weighted by molar-refractivity contribution is 0.310. The molecule has 1 heterocycles. The second kappa shape index (κ2) is 13.2. The van der Waals surface area contributed by atoms with Crippen LogP contribution in [-0.2, 0) is 20.0 Å². The first-order chi connectivity index (χ1) is 13.2. The first kappa shape index (κ1) is 24.0. The van der Waals surface area contributed by atoms with Gasteiger partial charge in [-0.05, 0) is 44.4 Å². The van der Waals surface area contributed by atoms with Crippen molar-refractivity contribution in [2.24, 2.45) is 12.0 Å². The summed E-state index contributed by atoms with van der Waals surface area (Å²) in [6.07, 6.45) is 3.60. The van der Waals surface area contributed by atoms with E-state index in [0.29, 0.717) is 13.2 Å². The minimum atomic E-state index is 0. The molecule has 2 aromatic rings. The number of nitrogens with one attached hydrogen (secondary N) is 2. The fourth-order valence-corrected chi connectivity index (χ4v) is 2.59. The van der Waals surface area contributed by atoms with Gasteiger partial charge in [-0.25, -0.2) is 4.99 Å². The highest BCUT2D eigenvalue weighted by Crippen LogP contribution is 2.28. The number of hydrogen-bond donors (Lipinski definition) is 2. The van der Waals surface area contributed by atoms with Crippen LogP contribution in [0.25, 0.3) is 0 Å². The van der Waals surface area contributed by atoms with Crippen molar-refractivity contribution in [2.45, 2.75) is 33.2 Å². The molecule has 0 aliphatic carbocycles. The van der Waals surface area contributed by atoms with Gasteiger partial charge >= 0.3 is 0 Å². The summed E-state index contributed by atoms with van der Waals surface area (Å²) in [5.74, 6) is 3.17. The summed E-state index contributed by atoms with van der Waals surface area (Å²) in [6, 6.07) is 6.09. The highest BCUT2D eigenvalue weighted by molar-refractivity contribution is 14.0. The maximum Gasteiger partial charge on any atom is 0.191 e. The van der Waals surface area contributed by atoms with Gasteiger partial charge in [-0.1, -0.05) is 6.07 Å². The molecular weight excluding hydrogens is 471 g/mol. The number of aromatic nitrogens is 3. The molecule has 2 rings (SSSR count). The van der Waals surface area contributed by atoms with Crippen LogP contribution in [0.5, 0.6) is 11.5 Å². The monoisotopic (exact) mass is 502 g/mol. The molecular formula is C19H31IN6O2. The highest BCUT2D eigenvalue weighted by atomic mass is 127. The number of hydrogen-bond acceptors (Lipinski definition) is 5. The standard InChI is InChI=1S/C19H30N6O2.HI/c1-5-20-19(22-13-18-24-23-14-25(18)3)21-11-7-8-15-9-10-16(26-4)17(12-15)27-6-2;/h9-10,12,14H,5-8,11,13H2,1-4H3,(H2,20,21,22);1H. The van der Waals surface area contributed by atoms with E-state index in [1.807, 2.05) is 31.5 Å². The van der Waals surface area contributed by atoms with E-state index in [1.54, 1.807) is 13.4 Å². The van der Waals surface area contributed by atoms with Crippen LogP contribution in [0.2, 0.25) is 0 Å². The third-order valence-electron chi connectivity index (χ3n) is 3.99. The molecule has 8 nitrogen and oxygen atoms in total. The van der Waals surface area contributed by atoms with Crippen LogP contribution in [0.15, 0.2) is 29.5 Å². The van der Waals surface area contributed by atoms with Crippen LogP contribution in [0.1, 0.15) is 31.7 Å². The van der Waals surface area contributed by atoms with Crippen molar-refractivity contribution < 1.29 is 9.47 Å². The Morgan fingerprint density at radius 1 is 1.21 bits per heavy atom. The molecule has 0 bridgehead atoms. The van der Waals surface area contributed by atoms with Gasteiger partial charge in [0.1, 0.15) is 12.9 Å². The largest absolute Gasteiger partial charge is 0.493 e. The number of benzene rings is 1. The molecule has 0 saturated carbocycles. The lowest BCUT2D eigenvalue weighted by Gasteiger charge is -2.13. The molecule has 156 valence electrons. The number of rotatable bonds is 10. The third kappa shape index (κ3) is 7.53. The molecule has 0 atom stereocenters. The summed E-state index contributed by atoms with van der Waals surface area (Å²) < 4.78 is 12.8. The van der Waals surface area contributed by atoms with Crippen LogP contribution >= 0.6 is 24.0 Å². The van der Waals surface area contributed by atoms with E-state index in [9.17, 15) is 0 Å². The zero-order valence-electron chi connectivity index (χ0n) is 17.1. The maximum absolute atomic E-state index is 5.64. The smallest absolute Gasteiger partial charge is 0.191 e. The van der Waals surface area contributed by atoms with Crippen LogP contribution in [0, 0.1) is 0 Å². The molecule has 0 aliphatic rings. The summed E-state index contributed by atoms with van der Waals surface area (Å²) in [4.78, 5) is 4.56. The van der Waals surface area contributed by atoms with Gasteiger partial charge in [-0.3, -0.25) is 0 Å². The second-order valence-corrected chi connectivity index (χ2v) is 6.00. The molecule has 9 heteroatoms. The first-order valence-corrected chi connectivity index (χ1v) is 9.32. The van der Waals surface area contributed by atoms with Gasteiger partial charge in [0.05, 0.1) is 13.7 Å². The van der Waals surface area contributed by atoms with E-state index in [-0.39, 0.29) is 24.0 Å². The van der Waals surface area contributed by atoms with Crippen molar-refractivity contribution in [3.63, 3.8) is 0 Å². The van der Waals surface area contributed by atoms with E-state index < -0.39 is 0 Å². The van der Waals surface area contributed by atoms with Gasteiger partial charge in [0.2, 0.25) is 0 Å². The fraction of sp³-hybridized carbons (Fsp3) is 0.526. The van der Waals surface area contributed by atoms with Crippen molar-refractivity contribution in [3.8, 4) is 11.5 Å². The summed E-state index contributed by atoms with van der Waals surface area (Å²) in [5.41, 5.74) is 1.22. The first-order valence-electron chi connectivity index (χ1n) is 9.32. The Kier molecular flexibility index (Phi) is 11.3. The molecule has 2 N–H and O–H groups in total. The summed E-state index contributed by atoms with van der Waals surface area (Å²) >= 11 is 0. The van der Waals surface area contributed by atoms with Crippen molar-refractivity contribution in [3.05, 3.63) is 35.9 Å². The normalized spacial score (nSPS) is 10.9. The van der Waals surface area contributed by atoms with E-state index >= 15 is 0 Å². The maximum atomic E-state index is 5.64. The zero-order chi connectivity index (χ0) is 19.5. The molecule has 0 unspecified atom stereocenters. The van der Waals surface area contributed by atoms with Gasteiger partial charge < -0.3 is 24.7 Å². The number of aryl methyl sites for hydroxylation is 2. The molecule has 28 heavy (non-hydrogen) atoms. The average molecular weight is 502 g/mol. The topological polar surface area (TPSA) is 85.6 Å². The number of nitrogens with zero attached hydrogens (tertiary/aromatic N) is 4. The predicted molar refractivity (Wildman–Crippen MR) is 122 cm³/mol. The van der Waals surface area contributed by atoms with Crippen LogP contribution < -0.4 is 20.1 Å². The third-order valence-corrected chi connectivity index (χ3v) is 3.99. The van der Waals surface area contributed by atoms with Gasteiger partial charge in [0.15, 0.2) is 23.3 Å². The number of methoxy groups -OCH3 is 1. The van der Waals surface area contributed by atoms with Gasteiger partial charge in [-0.2, -0.15) is 0 Å². The number of ether oxygens (including phenoxy) is 2. The number of guanidine groups is 1. The quantitative estimate of drug-likeness (QED) is 0.225. The SMILES string of the molecule is CCNC(=NCc1nncn1C)NCCCc1ccc(OC)c(OCC)c1.I. The molecule has 0 spiro atoms. The van der Waals surface area contributed by atoms with Crippen molar-refractivity contribution in [1.82, 2.24) is 25.4 Å². The fourth-order valence-electron chi connectivity index (χ4n) is 2.59. The van der Waals surface area contributed by atoms with Crippen LogP contribution in [0.3, 0.4) is 0 Å². The predicted octanol–water partition coefficient (Wildman–Crippen LogP) is 2.53.